The Labute approximate surface area is 151 Å². The Kier molecular flexibility index (Phi) is 7.03. The molecular weight excluding hydrogens is 360 g/mol. The predicted molar refractivity (Wildman–Crippen MR) is 98.1 cm³/mol. The summed E-state index contributed by atoms with van der Waals surface area (Å²) in [5.74, 6) is -0.301. The first kappa shape index (κ1) is 19.5. The number of benzene rings is 1. The minimum atomic E-state index is -3.61. The number of amides is 1. The summed E-state index contributed by atoms with van der Waals surface area (Å²) in [6.45, 7) is 4.00. The third kappa shape index (κ3) is 6.18. The van der Waals surface area contributed by atoms with E-state index >= 15 is 0 Å². The van der Waals surface area contributed by atoms with Crippen LogP contribution in [0.3, 0.4) is 0 Å². The second-order valence-corrected chi connectivity index (χ2v) is 8.44. The number of nitrogens with one attached hydrogen (secondary N) is 2. The number of sulfonamides is 1. The molecule has 2 aromatic rings. The molecule has 0 bridgehead atoms. The zero-order chi connectivity index (χ0) is 18.3. The van der Waals surface area contributed by atoms with Crippen LogP contribution in [0.2, 0.25) is 0 Å². The fourth-order valence-electron chi connectivity index (χ4n) is 2.01. The molecule has 1 aromatic heterocycles. The van der Waals surface area contributed by atoms with Gasteiger partial charge < -0.3 is 5.32 Å². The lowest BCUT2D eigenvalue weighted by atomic mass is 10.2. The maximum Gasteiger partial charge on any atom is 0.240 e. The molecule has 0 aliphatic heterocycles. The molecule has 0 saturated carbocycles. The molecule has 0 saturated heterocycles. The van der Waals surface area contributed by atoms with Crippen molar-refractivity contribution in [2.75, 3.05) is 11.9 Å². The van der Waals surface area contributed by atoms with Crippen LogP contribution in [0, 0.1) is 6.92 Å². The van der Waals surface area contributed by atoms with E-state index in [1.165, 1.54) is 23.5 Å². The van der Waals surface area contributed by atoms with E-state index in [1.54, 1.807) is 12.1 Å². The summed E-state index contributed by atoms with van der Waals surface area (Å²) in [5, 5.41) is 11.9. The summed E-state index contributed by atoms with van der Waals surface area (Å²) < 4.78 is 26.7. The Morgan fingerprint density at radius 1 is 1.20 bits per heavy atom. The van der Waals surface area contributed by atoms with Gasteiger partial charge in [-0.25, -0.2) is 13.1 Å². The molecule has 0 fully saturated rings. The second-order valence-electron chi connectivity index (χ2n) is 5.61. The zero-order valence-corrected chi connectivity index (χ0v) is 15.9. The van der Waals surface area contributed by atoms with E-state index in [1.807, 2.05) is 6.92 Å². The van der Waals surface area contributed by atoms with Crippen molar-refractivity contribution in [2.45, 2.75) is 44.4 Å². The van der Waals surface area contributed by atoms with Gasteiger partial charge in [0.05, 0.1) is 4.90 Å². The van der Waals surface area contributed by atoms with Crippen LogP contribution >= 0.6 is 11.3 Å². The van der Waals surface area contributed by atoms with Crippen molar-refractivity contribution in [3.05, 3.63) is 34.8 Å². The molecule has 0 aliphatic rings. The second kappa shape index (κ2) is 9.02. The monoisotopic (exact) mass is 382 g/mol. The van der Waals surface area contributed by atoms with Gasteiger partial charge >= 0.3 is 0 Å². The first-order valence-electron chi connectivity index (χ1n) is 8.09. The fraction of sp³-hybridized carbons (Fsp3) is 0.438. The van der Waals surface area contributed by atoms with Crippen molar-refractivity contribution in [1.82, 2.24) is 14.9 Å². The number of carbonyl (C=O) groups is 1. The van der Waals surface area contributed by atoms with E-state index in [9.17, 15) is 13.2 Å². The zero-order valence-electron chi connectivity index (χ0n) is 14.3. The van der Waals surface area contributed by atoms with Crippen molar-refractivity contribution in [3.63, 3.8) is 0 Å². The Morgan fingerprint density at radius 3 is 2.60 bits per heavy atom. The summed E-state index contributed by atoms with van der Waals surface area (Å²) in [7, 11) is -3.61. The SMILES string of the molecule is CCCCc1nnc(NC(=O)CCNS(=O)(=O)c2ccc(C)cc2)s1. The Morgan fingerprint density at radius 2 is 1.92 bits per heavy atom. The number of carbonyl (C=O) groups excluding carboxylic acids is 1. The molecule has 7 nitrogen and oxygen atoms in total. The van der Waals surface area contributed by atoms with Crippen molar-refractivity contribution < 1.29 is 13.2 Å². The smallest absolute Gasteiger partial charge is 0.240 e. The molecule has 9 heteroatoms. The number of nitrogens with zero attached hydrogens (tertiary/aromatic N) is 2. The van der Waals surface area contributed by atoms with Crippen LogP contribution < -0.4 is 10.0 Å². The van der Waals surface area contributed by atoms with Gasteiger partial charge in [0.1, 0.15) is 5.01 Å². The molecular formula is C16H22N4O3S2. The van der Waals surface area contributed by atoms with Crippen LogP contribution in [0.25, 0.3) is 0 Å². The largest absolute Gasteiger partial charge is 0.300 e. The summed E-state index contributed by atoms with van der Waals surface area (Å²) in [6.07, 6.45) is 2.97. The van der Waals surface area contributed by atoms with Crippen molar-refractivity contribution in [1.29, 1.82) is 0 Å². The number of anilines is 1. The first-order chi connectivity index (χ1) is 11.9. The normalized spacial score (nSPS) is 11.4. The van der Waals surface area contributed by atoms with Crippen molar-refractivity contribution >= 4 is 32.4 Å². The van der Waals surface area contributed by atoms with E-state index in [4.69, 9.17) is 0 Å². The summed E-state index contributed by atoms with van der Waals surface area (Å²) in [5.41, 5.74) is 0.980. The molecule has 1 aromatic carbocycles. The highest BCUT2D eigenvalue weighted by atomic mass is 32.2. The number of aromatic nitrogens is 2. The van der Waals surface area contributed by atoms with Crippen molar-refractivity contribution in [3.8, 4) is 0 Å². The maximum atomic E-state index is 12.1. The quantitative estimate of drug-likeness (QED) is 0.694. The van der Waals surface area contributed by atoms with Gasteiger partial charge in [0, 0.05) is 19.4 Å². The van der Waals surface area contributed by atoms with E-state index in [2.05, 4.69) is 27.2 Å². The topological polar surface area (TPSA) is 101 Å². The van der Waals surface area contributed by atoms with Crippen LogP contribution in [0.1, 0.15) is 36.8 Å². The summed E-state index contributed by atoms with van der Waals surface area (Å²) in [4.78, 5) is 12.1. The third-order valence-electron chi connectivity index (χ3n) is 3.43. The average Bonchev–Trinajstić information content (AvgIpc) is 3.00. The minimum Gasteiger partial charge on any atom is -0.300 e. The highest BCUT2D eigenvalue weighted by Gasteiger charge is 2.14. The van der Waals surface area contributed by atoms with Crippen LogP contribution in [-0.2, 0) is 21.2 Å². The van der Waals surface area contributed by atoms with Gasteiger partial charge in [-0.05, 0) is 25.5 Å². The lowest BCUT2D eigenvalue weighted by Gasteiger charge is -2.06. The molecule has 0 radical (unpaired) electrons. The number of rotatable bonds is 9. The van der Waals surface area contributed by atoms with Crippen LogP contribution in [0.15, 0.2) is 29.2 Å². The maximum absolute atomic E-state index is 12.1. The number of unbranched alkanes of at least 4 members (excludes halogenated alkanes) is 1. The highest BCUT2D eigenvalue weighted by molar-refractivity contribution is 7.89. The molecule has 1 amide bonds. The molecule has 0 spiro atoms. The molecule has 2 rings (SSSR count). The fourth-order valence-corrected chi connectivity index (χ4v) is 3.84. The molecule has 0 atom stereocenters. The van der Waals surface area contributed by atoms with Gasteiger partial charge in [0.25, 0.3) is 0 Å². The summed E-state index contributed by atoms with van der Waals surface area (Å²) >= 11 is 1.35. The van der Waals surface area contributed by atoms with Gasteiger partial charge in [-0.3, -0.25) is 4.79 Å². The Hall–Kier alpha value is -1.84. The van der Waals surface area contributed by atoms with Gasteiger partial charge in [-0.2, -0.15) is 0 Å². The number of hydrogen-bond donors (Lipinski definition) is 2. The van der Waals surface area contributed by atoms with E-state index in [0.717, 1.165) is 29.8 Å². The summed E-state index contributed by atoms with van der Waals surface area (Å²) in [6, 6.07) is 6.54. The highest BCUT2D eigenvalue weighted by Crippen LogP contribution is 2.17. The van der Waals surface area contributed by atoms with Crippen LogP contribution in [0.4, 0.5) is 5.13 Å². The van der Waals surface area contributed by atoms with Crippen LogP contribution in [-0.4, -0.2) is 31.1 Å². The Balaban J connectivity index is 1.80. The third-order valence-corrected chi connectivity index (χ3v) is 5.81. The average molecular weight is 383 g/mol. The van der Waals surface area contributed by atoms with Crippen LogP contribution in [0.5, 0.6) is 0 Å². The molecule has 1 heterocycles. The molecule has 2 N–H and O–H groups in total. The standard InChI is InChI=1S/C16H22N4O3S2/c1-3-4-5-15-19-20-16(24-15)18-14(21)10-11-17-25(22,23)13-8-6-12(2)7-9-13/h6-9,17H,3-5,10-11H2,1-2H3,(H,18,20,21). The lowest BCUT2D eigenvalue weighted by molar-refractivity contribution is -0.116. The molecule has 0 unspecified atom stereocenters. The van der Waals surface area contributed by atoms with Crippen molar-refractivity contribution in [2.24, 2.45) is 0 Å². The van der Waals surface area contributed by atoms with E-state index < -0.39 is 10.0 Å². The van der Waals surface area contributed by atoms with Gasteiger partial charge in [0.15, 0.2) is 0 Å². The van der Waals surface area contributed by atoms with Gasteiger partial charge in [-0.15, -0.1) is 10.2 Å². The molecule has 136 valence electrons. The minimum absolute atomic E-state index is 0.0174. The van der Waals surface area contributed by atoms with E-state index in [0.29, 0.717) is 5.13 Å². The molecule has 0 aliphatic carbocycles. The Bertz CT molecular complexity index is 801. The van der Waals surface area contributed by atoms with E-state index in [-0.39, 0.29) is 23.8 Å². The van der Waals surface area contributed by atoms with Gasteiger partial charge in [-0.1, -0.05) is 42.4 Å². The van der Waals surface area contributed by atoms with Gasteiger partial charge in [0.2, 0.25) is 21.1 Å². The lowest BCUT2D eigenvalue weighted by Crippen LogP contribution is -2.27. The predicted octanol–water partition coefficient (Wildman–Crippen LogP) is 2.50. The number of hydrogen-bond acceptors (Lipinski definition) is 6. The molecule has 25 heavy (non-hydrogen) atoms. The first-order valence-corrected chi connectivity index (χ1v) is 10.4. The number of aryl methyl sites for hydroxylation is 2.